The van der Waals surface area contributed by atoms with Crippen LogP contribution in [0.2, 0.25) is 0 Å². The lowest BCUT2D eigenvalue weighted by atomic mass is 9.93. The molecule has 0 unspecified atom stereocenters. The zero-order chi connectivity index (χ0) is 18.1. The van der Waals surface area contributed by atoms with Gasteiger partial charge in [-0.3, -0.25) is 14.9 Å². The molecule has 0 bridgehead atoms. The lowest BCUT2D eigenvalue weighted by molar-refractivity contribution is 0.0694. The van der Waals surface area contributed by atoms with Crippen molar-refractivity contribution in [2.75, 3.05) is 6.54 Å². The minimum Gasteiger partial charge on any atom is -0.478 e. The molecule has 0 radical (unpaired) electrons. The van der Waals surface area contributed by atoms with E-state index >= 15 is 0 Å². The van der Waals surface area contributed by atoms with Crippen LogP contribution < -0.4 is 0 Å². The summed E-state index contributed by atoms with van der Waals surface area (Å²) in [5.41, 5.74) is 3.44. The number of aryl methyl sites for hydroxylation is 1. The van der Waals surface area contributed by atoms with Crippen LogP contribution in [-0.2, 0) is 19.5 Å². The highest BCUT2D eigenvalue weighted by Crippen LogP contribution is 2.30. The molecular weight excluding hydrogens is 330 g/mol. The van der Waals surface area contributed by atoms with Crippen LogP contribution in [0, 0.1) is 6.92 Å². The number of fused-ring (bicyclic) bond motifs is 1. The van der Waals surface area contributed by atoms with E-state index in [1.54, 1.807) is 30.7 Å². The summed E-state index contributed by atoms with van der Waals surface area (Å²) in [6, 6.07) is 7.52. The van der Waals surface area contributed by atoms with Gasteiger partial charge in [-0.1, -0.05) is 0 Å². The standard InChI is InChI=1S/C20H19N3O3/c1-13-2-3-16(26-13)12-23-9-6-17-15(11-23)10-22-19(18(17)20(24)25)14-4-7-21-8-5-14/h2-5,7-8,10H,6,9,11-12H2,1H3,(H,24,25). The third-order valence-electron chi connectivity index (χ3n) is 4.69. The summed E-state index contributed by atoms with van der Waals surface area (Å²) in [4.78, 5) is 22.7. The van der Waals surface area contributed by atoms with Crippen LogP contribution in [0.1, 0.15) is 33.0 Å². The van der Waals surface area contributed by atoms with Gasteiger partial charge in [0.25, 0.3) is 0 Å². The Hall–Kier alpha value is -2.99. The van der Waals surface area contributed by atoms with Crippen LogP contribution in [0.5, 0.6) is 0 Å². The summed E-state index contributed by atoms with van der Waals surface area (Å²) in [5, 5.41) is 9.80. The Balaban J connectivity index is 1.66. The Morgan fingerprint density at radius 2 is 2.08 bits per heavy atom. The van der Waals surface area contributed by atoms with Gasteiger partial charge in [-0.25, -0.2) is 4.79 Å². The number of carboxylic acids is 1. The molecule has 1 aliphatic rings. The van der Waals surface area contributed by atoms with Gasteiger partial charge in [0.15, 0.2) is 0 Å². The normalized spacial score (nSPS) is 14.2. The number of aromatic nitrogens is 2. The van der Waals surface area contributed by atoms with Crippen molar-refractivity contribution < 1.29 is 14.3 Å². The van der Waals surface area contributed by atoms with Crippen molar-refractivity contribution in [2.45, 2.75) is 26.4 Å². The molecule has 1 aliphatic heterocycles. The summed E-state index contributed by atoms with van der Waals surface area (Å²) in [7, 11) is 0. The number of hydrogen-bond donors (Lipinski definition) is 1. The highest BCUT2D eigenvalue weighted by Gasteiger charge is 2.26. The van der Waals surface area contributed by atoms with Crippen molar-refractivity contribution in [1.82, 2.24) is 14.9 Å². The molecule has 0 aromatic carbocycles. The first-order valence-corrected chi connectivity index (χ1v) is 8.54. The van der Waals surface area contributed by atoms with Gasteiger partial charge >= 0.3 is 5.97 Å². The smallest absolute Gasteiger partial charge is 0.338 e. The summed E-state index contributed by atoms with van der Waals surface area (Å²) in [6.07, 6.45) is 5.78. The number of nitrogens with zero attached hydrogens (tertiary/aromatic N) is 3. The maximum atomic E-state index is 12.0. The largest absolute Gasteiger partial charge is 0.478 e. The number of hydrogen-bond acceptors (Lipinski definition) is 5. The van der Waals surface area contributed by atoms with Gasteiger partial charge in [0.1, 0.15) is 11.5 Å². The zero-order valence-electron chi connectivity index (χ0n) is 14.5. The van der Waals surface area contributed by atoms with E-state index in [9.17, 15) is 9.90 Å². The first-order chi connectivity index (χ1) is 12.6. The molecule has 3 aromatic heterocycles. The van der Waals surface area contributed by atoms with E-state index in [0.29, 0.717) is 30.8 Å². The maximum Gasteiger partial charge on any atom is 0.338 e. The maximum absolute atomic E-state index is 12.0. The zero-order valence-corrected chi connectivity index (χ0v) is 14.5. The molecule has 0 atom stereocenters. The number of furan rings is 1. The molecule has 0 saturated carbocycles. The first kappa shape index (κ1) is 16.5. The summed E-state index contributed by atoms with van der Waals surface area (Å²) >= 11 is 0. The molecule has 6 heteroatoms. The van der Waals surface area contributed by atoms with E-state index in [0.717, 1.165) is 34.8 Å². The fourth-order valence-corrected chi connectivity index (χ4v) is 3.48. The number of rotatable bonds is 4. The molecule has 132 valence electrons. The molecule has 0 spiro atoms. The fraction of sp³-hybridized carbons (Fsp3) is 0.250. The summed E-state index contributed by atoms with van der Waals surface area (Å²) in [5.74, 6) is 0.885. The van der Waals surface area contributed by atoms with Gasteiger partial charge in [-0.05, 0) is 48.7 Å². The van der Waals surface area contributed by atoms with Crippen molar-refractivity contribution in [1.29, 1.82) is 0 Å². The highest BCUT2D eigenvalue weighted by molar-refractivity contribution is 5.96. The quantitative estimate of drug-likeness (QED) is 0.778. The van der Waals surface area contributed by atoms with Crippen molar-refractivity contribution >= 4 is 5.97 Å². The Kier molecular flexibility index (Phi) is 4.26. The second-order valence-electron chi connectivity index (χ2n) is 6.50. The Morgan fingerprint density at radius 3 is 2.77 bits per heavy atom. The number of carboxylic acid groups (broad SMARTS) is 1. The van der Waals surface area contributed by atoms with Gasteiger partial charge in [-0.2, -0.15) is 0 Å². The molecule has 6 nitrogen and oxygen atoms in total. The van der Waals surface area contributed by atoms with Crippen molar-refractivity contribution in [3.05, 3.63) is 71.1 Å². The molecule has 3 aromatic rings. The molecule has 0 saturated heterocycles. The highest BCUT2D eigenvalue weighted by atomic mass is 16.4. The van der Waals surface area contributed by atoms with Gasteiger partial charge < -0.3 is 9.52 Å². The molecule has 4 rings (SSSR count). The number of aromatic carboxylic acids is 1. The Labute approximate surface area is 151 Å². The SMILES string of the molecule is Cc1ccc(CN2CCc3c(cnc(-c4ccncc4)c3C(=O)O)C2)o1. The van der Waals surface area contributed by atoms with E-state index in [4.69, 9.17) is 4.42 Å². The molecular formula is C20H19N3O3. The van der Waals surface area contributed by atoms with E-state index < -0.39 is 5.97 Å². The second kappa shape index (κ2) is 6.72. The van der Waals surface area contributed by atoms with Crippen LogP contribution in [0.25, 0.3) is 11.3 Å². The third-order valence-corrected chi connectivity index (χ3v) is 4.69. The van der Waals surface area contributed by atoms with Gasteiger partial charge in [0.05, 0.1) is 17.8 Å². The van der Waals surface area contributed by atoms with E-state index in [1.165, 1.54) is 0 Å². The van der Waals surface area contributed by atoms with Gasteiger partial charge in [0.2, 0.25) is 0 Å². The number of pyridine rings is 2. The van der Waals surface area contributed by atoms with Crippen molar-refractivity contribution in [3.8, 4) is 11.3 Å². The lowest BCUT2D eigenvalue weighted by Crippen LogP contribution is -2.31. The molecule has 0 fully saturated rings. The molecule has 1 N–H and O–H groups in total. The van der Waals surface area contributed by atoms with Gasteiger partial charge in [-0.15, -0.1) is 0 Å². The van der Waals surface area contributed by atoms with Crippen LogP contribution in [0.3, 0.4) is 0 Å². The van der Waals surface area contributed by atoms with E-state index in [1.807, 2.05) is 19.1 Å². The summed E-state index contributed by atoms with van der Waals surface area (Å²) in [6.45, 7) is 4.09. The van der Waals surface area contributed by atoms with Crippen LogP contribution in [0.15, 0.2) is 47.3 Å². The number of carbonyl (C=O) groups is 1. The lowest BCUT2D eigenvalue weighted by Gasteiger charge is -2.29. The van der Waals surface area contributed by atoms with E-state index in [2.05, 4.69) is 14.9 Å². The third kappa shape index (κ3) is 3.11. The Bertz CT molecular complexity index is 950. The van der Waals surface area contributed by atoms with Crippen molar-refractivity contribution in [2.24, 2.45) is 0 Å². The second-order valence-corrected chi connectivity index (χ2v) is 6.50. The van der Waals surface area contributed by atoms with Crippen LogP contribution in [0.4, 0.5) is 0 Å². The van der Waals surface area contributed by atoms with Crippen molar-refractivity contribution in [3.63, 3.8) is 0 Å². The monoisotopic (exact) mass is 349 g/mol. The predicted molar refractivity (Wildman–Crippen MR) is 95.7 cm³/mol. The predicted octanol–water partition coefficient (Wildman–Crippen LogP) is 3.30. The molecule has 0 amide bonds. The molecule has 4 heterocycles. The first-order valence-electron chi connectivity index (χ1n) is 8.54. The van der Waals surface area contributed by atoms with Crippen LogP contribution >= 0.6 is 0 Å². The average Bonchev–Trinajstić information content (AvgIpc) is 3.06. The molecule has 26 heavy (non-hydrogen) atoms. The fourth-order valence-electron chi connectivity index (χ4n) is 3.48. The minimum absolute atomic E-state index is 0.308. The van der Waals surface area contributed by atoms with Crippen LogP contribution in [-0.4, -0.2) is 32.5 Å². The topological polar surface area (TPSA) is 79.5 Å². The average molecular weight is 349 g/mol. The summed E-state index contributed by atoms with van der Waals surface area (Å²) < 4.78 is 5.66. The van der Waals surface area contributed by atoms with Gasteiger partial charge in [0, 0.05) is 37.2 Å². The molecule has 0 aliphatic carbocycles. The minimum atomic E-state index is -0.934. The van der Waals surface area contributed by atoms with E-state index in [-0.39, 0.29) is 0 Å². The Morgan fingerprint density at radius 1 is 1.27 bits per heavy atom.